The summed E-state index contributed by atoms with van der Waals surface area (Å²) in [6, 6.07) is 3.68. The Morgan fingerprint density at radius 2 is 1.81 bits per heavy atom. The number of ether oxygens (including phenoxy) is 1. The number of aryl methyl sites for hydroxylation is 2. The third-order valence-electron chi connectivity index (χ3n) is 5.54. The van der Waals surface area contributed by atoms with Gasteiger partial charge in [-0.2, -0.15) is 0 Å². The fourth-order valence-electron chi connectivity index (χ4n) is 4.35. The molecular weight excluding hydrogens is 398 g/mol. The number of hydrogen-bond donors (Lipinski definition) is 2. The zero-order valence-electron chi connectivity index (χ0n) is 18.3. The summed E-state index contributed by atoms with van der Waals surface area (Å²) in [6.07, 6.45) is 3.45. The largest absolute Gasteiger partial charge is 0.444 e. The van der Waals surface area contributed by atoms with Gasteiger partial charge in [-0.3, -0.25) is 4.79 Å². The first-order valence-corrected chi connectivity index (χ1v) is 10.9. The number of anilines is 1. The summed E-state index contributed by atoms with van der Waals surface area (Å²) >= 11 is 0. The molecule has 0 fully saturated rings. The molecule has 4 rings (SSSR count). The fourth-order valence-corrected chi connectivity index (χ4v) is 4.35. The van der Waals surface area contributed by atoms with E-state index in [1.54, 1.807) is 26.8 Å². The molecule has 1 aromatic heterocycles. The Morgan fingerprint density at radius 1 is 1.10 bits per heavy atom. The Kier molecular flexibility index (Phi) is 5.64. The number of carbonyl (C=O) groups excluding carboxylic acids is 2. The lowest BCUT2D eigenvalue weighted by Gasteiger charge is -2.37. The van der Waals surface area contributed by atoms with E-state index in [1.165, 1.54) is 11.3 Å². The van der Waals surface area contributed by atoms with Gasteiger partial charge in [0.2, 0.25) is 0 Å². The maximum Gasteiger partial charge on any atom is 0.407 e. The molecule has 31 heavy (non-hydrogen) atoms. The Morgan fingerprint density at radius 3 is 2.55 bits per heavy atom. The van der Waals surface area contributed by atoms with E-state index in [4.69, 9.17) is 9.15 Å². The number of hydrogen-bond acceptors (Lipinski definition) is 6. The lowest BCUT2D eigenvalue weighted by Crippen LogP contribution is -2.38. The highest BCUT2D eigenvalue weighted by molar-refractivity contribution is 5.98. The minimum Gasteiger partial charge on any atom is -0.444 e. The third-order valence-corrected chi connectivity index (χ3v) is 5.54. The second kappa shape index (κ2) is 8.24. The summed E-state index contributed by atoms with van der Waals surface area (Å²) in [6.45, 7) is 7.75. The smallest absolute Gasteiger partial charge is 0.407 e. The Hall–Kier alpha value is -3.03. The zero-order valence-corrected chi connectivity index (χ0v) is 18.3. The van der Waals surface area contributed by atoms with Crippen molar-refractivity contribution in [3.63, 3.8) is 0 Å². The molecule has 0 bridgehead atoms. The molecule has 8 nitrogen and oxygen atoms in total. The standard InChI is InChI=1S/C23H29N3O5/c1-23(2,3)31-22(29)25-9-8-24-20(27)17-13-15-12-14-6-4-10-26-11-5-7-16(18(14)26)19(15)30-21(17)28/h12-13H,4-11H2,1-3H3,(H,24,27)(H,25,29). The van der Waals surface area contributed by atoms with Crippen LogP contribution in [0.15, 0.2) is 21.3 Å². The van der Waals surface area contributed by atoms with Crippen molar-refractivity contribution >= 4 is 28.7 Å². The topological polar surface area (TPSA) is 101 Å². The molecule has 0 atom stereocenters. The van der Waals surface area contributed by atoms with Gasteiger partial charge >= 0.3 is 11.7 Å². The van der Waals surface area contributed by atoms with Gasteiger partial charge in [-0.25, -0.2) is 9.59 Å². The highest BCUT2D eigenvalue weighted by Crippen LogP contribution is 2.39. The first kappa shape index (κ1) is 21.2. The van der Waals surface area contributed by atoms with E-state index in [1.807, 2.05) is 0 Å². The second-order valence-electron chi connectivity index (χ2n) is 9.11. The molecule has 8 heteroatoms. The summed E-state index contributed by atoms with van der Waals surface area (Å²) in [7, 11) is 0. The summed E-state index contributed by atoms with van der Waals surface area (Å²) < 4.78 is 10.8. The quantitative estimate of drug-likeness (QED) is 0.575. The predicted octanol–water partition coefficient (Wildman–Crippen LogP) is 2.75. The Bertz CT molecular complexity index is 1080. The first-order valence-electron chi connectivity index (χ1n) is 10.9. The van der Waals surface area contributed by atoms with Gasteiger partial charge in [-0.05, 0) is 64.2 Å². The van der Waals surface area contributed by atoms with E-state index in [9.17, 15) is 14.4 Å². The van der Waals surface area contributed by atoms with Crippen LogP contribution in [0.4, 0.5) is 10.5 Å². The number of amides is 2. The van der Waals surface area contributed by atoms with E-state index in [0.717, 1.165) is 49.7 Å². The van der Waals surface area contributed by atoms with Gasteiger partial charge in [0.05, 0.1) is 0 Å². The maximum atomic E-state index is 12.6. The van der Waals surface area contributed by atoms with Crippen molar-refractivity contribution in [3.8, 4) is 0 Å². The van der Waals surface area contributed by atoms with Crippen LogP contribution in [0.25, 0.3) is 11.0 Å². The van der Waals surface area contributed by atoms with Crippen LogP contribution in [0, 0.1) is 0 Å². The van der Waals surface area contributed by atoms with Gasteiger partial charge < -0.3 is 24.7 Å². The van der Waals surface area contributed by atoms with Crippen LogP contribution in [0.3, 0.4) is 0 Å². The number of nitrogens with one attached hydrogen (secondary N) is 2. The van der Waals surface area contributed by atoms with Crippen LogP contribution in [-0.2, 0) is 17.6 Å². The average molecular weight is 428 g/mol. The highest BCUT2D eigenvalue weighted by Gasteiger charge is 2.27. The van der Waals surface area contributed by atoms with Crippen LogP contribution in [0.1, 0.15) is 55.1 Å². The minimum atomic E-state index is -0.644. The van der Waals surface area contributed by atoms with Crippen LogP contribution in [-0.4, -0.2) is 43.8 Å². The maximum absolute atomic E-state index is 12.6. The normalized spacial score (nSPS) is 15.4. The van der Waals surface area contributed by atoms with Crippen molar-refractivity contribution in [2.24, 2.45) is 0 Å². The molecule has 3 heterocycles. The van der Waals surface area contributed by atoms with Gasteiger partial charge in [0.25, 0.3) is 5.91 Å². The van der Waals surface area contributed by atoms with Crippen molar-refractivity contribution in [3.05, 3.63) is 39.2 Å². The summed E-state index contributed by atoms with van der Waals surface area (Å²) in [5, 5.41) is 6.01. The van der Waals surface area contributed by atoms with Crippen molar-refractivity contribution in [1.29, 1.82) is 0 Å². The van der Waals surface area contributed by atoms with E-state index >= 15 is 0 Å². The van der Waals surface area contributed by atoms with Crippen molar-refractivity contribution in [2.75, 3.05) is 31.1 Å². The average Bonchev–Trinajstić information content (AvgIpc) is 2.70. The van der Waals surface area contributed by atoms with Crippen molar-refractivity contribution in [2.45, 2.75) is 52.1 Å². The lowest BCUT2D eigenvalue weighted by molar-refractivity contribution is 0.0526. The number of fused-ring (bicyclic) bond motifs is 2. The first-order chi connectivity index (χ1) is 14.7. The number of nitrogens with zero attached hydrogens (tertiary/aromatic N) is 1. The lowest BCUT2D eigenvalue weighted by atomic mass is 9.90. The Labute approximate surface area is 180 Å². The fraction of sp³-hybridized carbons (Fsp3) is 0.522. The zero-order chi connectivity index (χ0) is 22.2. The van der Waals surface area contributed by atoms with E-state index in [2.05, 4.69) is 21.6 Å². The number of carbonyl (C=O) groups is 2. The molecule has 0 radical (unpaired) electrons. The molecule has 0 saturated carbocycles. The van der Waals surface area contributed by atoms with E-state index in [0.29, 0.717) is 5.58 Å². The minimum absolute atomic E-state index is 0.0274. The molecule has 2 N–H and O–H groups in total. The van der Waals surface area contributed by atoms with Crippen LogP contribution < -0.4 is 21.2 Å². The van der Waals surface area contributed by atoms with Crippen molar-refractivity contribution < 1.29 is 18.7 Å². The highest BCUT2D eigenvalue weighted by atomic mass is 16.6. The summed E-state index contributed by atoms with van der Waals surface area (Å²) in [5.74, 6) is -0.519. The molecule has 166 valence electrons. The summed E-state index contributed by atoms with van der Waals surface area (Å²) in [4.78, 5) is 39.2. The van der Waals surface area contributed by atoms with Crippen LogP contribution >= 0.6 is 0 Å². The molecular formula is C23H29N3O5. The predicted molar refractivity (Wildman–Crippen MR) is 118 cm³/mol. The van der Waals surface area contributed by atoms with Gasteiger partial charge in [-0.1, -0.05) is 0 Å². The molecule has 0 aliphatic carbocycles. The number of rotatable bonds is 4. The number of alkyl carbamates (subject to hydrolysis) is 1. The van der Waals surface area contributed by atoms with Crippen LogP contribution in [0.5, 0.6) is 0 Å². The molecule has 0 unspecified atom stereocenters. The van der Waals surface area contributed by atoms with E-state index < -0.39 is 23.2 Å². The van der Waals surface area contributed by atoms with Crippen molar-refractivity contribution in [1.82, 2.24) is 10.6 Å². The molecule has 2 aliphatic heterocycles. The van der Waals surface area contributed by atoms with E-state index in [-0.39, 0.29) is 18.7 Å². The van der Waals surface area contributed by atoms with Gasteiger partial charge in [0.15, 0.2) is 0 Å². The van der Waals surface area contributed by atoms with Gasteiger partial charge in [-0.15, -0.1) is 0 Å². The monoisotopic (exact) mass is 427 g/mol. The second-order valence-corrected chi connectivity index (χ2v) is 9.11. The molecule has 0 spiro atoms. The Balaban J connectivity index is 1.49. The summed E-state index contributed by atoms with van der Waals surface area (Å²) in [5.41, 5.74) is 2.90. The van der Waals surface area contributed by atoms with Crippen LogP contribution in [0.2, 0.25) is 0 Å². The van der Waals surface area contributed by atoms with Gasteiger partial charge in [0, 0.05) is 42.8 Å². The molecule has 1 aromatic carbocycles. The van der Waals surface area contributed by atoms with Gasteiger partial charge in [0.1, 0.15) is 16.7 Å². The third kappa shape index (κ3) is 4.52. The number of benzene rings is 1. The molecule has 2 amide bonds. The molecule has 2 aliphatic rings. The molecule has 0 saturated heterocycles. The molecule has 2 aromatic rings. The SMILES string of the molecule is CC(C)(C)OC(=O)NCCNC(=O)c1cc2cc3c4c(c2oc1=O)CCCN4CCC3.